The number of benzene rings is 2. The van der Waals surface area contributed by atoms with Crippen molar-refractivity contribution in [3.63, 3.8) is 0 Å². The number of ketones is 1. The summed E-state index contributed by atoms with van der Waals surface area (Å²) < 4.78 is 5.30. The summed E-state index contributed by atoms with van der Waals surface area (Å²) in [6.45, 7) is 4.09. The minimum atomic E-state index is -1.75. The Kier molecular flexibility index (Phi) is 8.34. The lowest BCUT2D eigenvalue weighted by Gasteiger charge is -2.13. The summed E-state index contributed by atoms with van der Waals surface area (Å²) >= 11 is 0. The van der Waals surface area contributed by atoms with Gasteiger partial charge in [-0.15, -0.1) is 0 Å². The molecule has 0 atom stereocenters. The van der Waals surface area contributed by atoms with Gasteiger partial charge in [-0.05, 0) is 12.1 Å². The Labute approximate surface area is 156 Å². The minimum Gasteiger partial charge on any atom is -0.423 e. The van der Waals surface area contributed by atoms with Crippen molar-refractivity contribution in [3.05, 3.63) is 93.2 Å². The summed E-state index contributed by atoms with van der Waals surface area (Å²) in [6, 6.07) is 14.2. The molecule has 27 heavy (non-hydrogen) atoms. The summed E-state index contributed by atoms with van der Waals surface area (Å²) in [5.41, 5.74) is 1.95. The Bertz CT molecular complexity index is 814. The van der Waals surface area contributed by atoms with Crippen LogP contribution in [0.1, 0.15) is 21.5 Å². The Balaban J connectivity index is 0.000000828. The fraction of sp³-hybridized carbons (Fsp3) is 0.158. The monoisotopic (exact) mass is 372 g/mol. The average Bonchev–Trinajstić information content (AvgIpc) is 2.62. The molecule has 0 fully saturated rings. The average molecular weight is 372 g/mol. The fourth-order valence-corrected chi connectivity index (χ4v) is 2.22. The molecule has 2 rings (SSSR count). The van der Waals surface area contributed by atoms with Gasteiger partial charge in [-0.25, -0.2) is 4.79 Å². The van der Waals surface area contributed by atoms with Gasteiger partial charge in [-0.3, -0.25) is 4.79 Å². The van der Waals surface area contributed by atoms with Gasteiger partial charge >= 0.3 is 5.97 Å². The van der Waals surface area contributed by atoms with E-state index in [2.05, 4.69) is 6.58 Å². The highest BCUT2D eigenvalue weighted by molar-refractivity contribution is 6.09. The molecule has 0 aliphatic rings. The van der Waals surface area contributed by atoms with Gasteiger partial charge in [-0.1, -0.05) is 43.0 Å². The van der Waals surface area contributed by atoms with Crippen LogP contribution in [-0.4, -0.2) is 30.9 Å². The van der Waals surface area contributed by atoms with E-state index in [9.17, 15) is 9.59 Å². The third-order valence-corrected chi connectivity index (χ3v) is 3.29. The van der Waals surface area contributed by atoms with E-state index in [0.717, 1.165) is 11.6 Å². The molecule has 142 valence electrons. The Hall–Kier alpha value is -3.52. The summed E-state index contributed by atoms with van der Waals surface area (Å²) in [5, 5.41) is 14.8. The zero-order valence-corrected chi connectivity index (χ0v) is 15.0. The standard InChI is InChI=1S/C19H19NO3.NO3/c1-4-18(21)23-17-12-15(10-11-16(17)13-20(2)3)19(22)14-8-6-5-7-9-14;2-1(3)4/h4-12H,1,13H2,2-3H3;/q;-1/p+1. The largest absolute Gasteiger partial charge is 0.423 e. The summed E-state index contributed by atoms with van der Waals surface area (Å²) in [6.07, 6.45) is 1.11. The lowest BCUT2D eigenvalue weighted by atomic mass is 10.0. The van der Waals surface area contributed by atoms with Crippen LogP contribution >= 0.6 is 0 Å². The predicted octanol–water partition coefficient (Wildman–Crippen LogP) is 1.41. The molecule has 8 nitrogen and oxygen atoms in total. The predicted molar refractivity (Wildman–Crippen MR) is 99.0 cm³/mol. The molecule has 0 aliphatic heterocycles. The van der Waals surface area contributed by atoms with Crippen molar-refractivity contribution in [1.82, 2.24) is 0 Å². The van der Waals surface area contributed by atoms with Crippen molar-refractivity contribution in [3.8, 4) is 5.75 Å². The number of nitrogens with one attached hydrogen (secondary N) is 1. The van der Waals surface area contributed by atoms with Gasteiger partial charge in [0.05, 0.1) is 19.2 Å². The second-order valence-corrected chi connectivity index (χ2v) is 5.75. The smallest absolute Gasteiger partial charge is 0.335 e. The van der Waals surface area contributed by atoms with E-state index in [1.807, 2.05) is 38.4 Å². The molecular weight excluding hydrogens is 352 g/mol. The van der Waals surface area contributed by atoms with Crippen LogP contribution in [0.2, 0.25) is 0 Å². The second-order valence-electron chi connectivity index (χ2n) is 5.75. The number of carbonyl (C=O) groups is 2. The first-order valence-electron chi connectivity index (χ1n) is 7.92. The maximum absolute atomic E-state index is 12.5. The molecule has 0 bridgehead atoms. The fourth-order valence-electron chi connectivity index (χ4n) is 2.22. The van der Waals surface area contributed by atoms with E-state index >= 15 is 0 Å². The molecular formula is C19H20N2O6. The molecule has 0 aliphatic carbocycles. The molecule has 0 heterocycles. The van der Waals surface area contributed by atoms with Crippen LogP contribution in [-0.2, 0) is 11.3 Å². The van der Waals surface area contributed by atoms with E-state index in [1.165, 1.54) is 4.90 Å². The number of hydrogen-bond acceptors (Lipinski definition) is 6. The third-order valence-electron chi connectivity index (χ3n) is 3.29. The van der Waals surface area contributed by atoms with Crippen LogP contribution in [0, 0.1) is 15.3 Å². The zero-order chi connectivity index (χ0) is 20.4. The number of hydrogen-bond donors (Lipinski definition) is 1. The van der Waals surface area contributed by atoms with Gasteiger partial charge in [0.2, 0.25) is 0 Å². The van der Waals surface area contributed by atoms with Gasteiger partial charge in [0.15, 0.2) is 5.78 Å². The van der Waals surface area contributed by atoms with E-state index in [-0.39, 0.29) is 5.78 Å². The number of rotatable bonds is 6. The number of ether oxygens (including phenoxy) is 1. The molecule has 0 spiro atoms. The van der Waals surface area contributed by atoms with Gasteiger partial charge in [0, 0.05) is 22.8 Å². The number of carbonyl (C=O) groups excluding carboxylic acids is 2. The first kappa shape index (κ1) is 21.5. The van der Waals surface area contributed by atoms with Crippen LogP contribution in [0.25, 0.3) is 0 Å². The van der Waals surface area contributed by atoms with Gasteiger partial charge in [0.1, 0.15) is 12.3 Å². The van der Waals surface area contributed by atoms with Crippen LogP contribution in [0.5, 0.6) is 5.75 Å². The van der Waals surface area contributed by atoms with Gasteiger partial charge in [-0.2, -0.15) is 0 Å². The van der Waals surface area contributed by atoms with Crippen molar-refractivity contribution in [2.75, 3.05) is 14.1 Å². The quantitative estimate of drug-likeness (QED) is 0.205. The molecule has 0 aromatic heterocycles. The third kappa shape index (κ3) is 7.49. The van der Waals surface area contributed by atoms with E-state index in [4.69, 9.17) is 20.1 Å². The lowest BCUT2D eigenvalue weighted by Crippen LogP contribution is -3.04. The minimum absolute atomic E-state index is 0.106. The Morgan fingerprint density at radius 3 is 2.22 bits per heavy atom. The summed E-state index contributed by atoms with van der Waals surface area (Å²) in [4.78, 5) is 33.5. The summed E-state index contributed by atoms with van der Waals surface area (Å²) in [7, 11) is 4.00. The maximum Gasteiger partial charge on any atom is 0.335 e. The van der Waals surface area contributed by atoms with Crippen LogP contribution < -0.4 is 9.64 Å². The lowest BCUT2D eigenvalue weighted by molar-refractivity contribution is -0.872. The SMILES string of the molecule is C=CC(=O)Oc1cc(C(=O)c2ccccc2)ccc1C[NH+](C)C.O=[N+]([O-])[O-]. The molecule has 8 heteroatoms. The molecule has 1 N–H and O–H groups in total. The van der Waals surface area contributed by atoms with E-state index in [0.29, 0.717) is 23.4 Å². The normalized spacial score (nSPS) is 9.74. The van der Waals surface area contributed by atoms with Gasteiger partial charge < -0.3 is 25.0 Å². The topological polar surface area (TPSA) is 114 Å². The highest BCUT2D eigenvalue weighted by Crippen LogP contribution is 2.22. The van der Waals surface area contributed by atoms with Crippen molar-refractivity contribution in [2.24, 2.45) is 0 Å². The molecule has 0 unspecified atom stereocenters. The van der Waals surface area contributed by atoms with E-state index in [1.54, 1.807) is 24.3 Å². The maximum atomic E-state index is 12.5. The number of esters is 1. The first-order valence-corrected chi connectivity index (χ1v) is 7.92. The highest BCUT2D eigenvalue weighted by Gasteiger charge is 2.15. The number of quaternary nitrogens is 1. The second kappa shape index (κ2) is 10.5. The molecule has 2 aromatic carbocycles. The highest BCUT2D eigenvalue weighted by atomic mass is 16.9. The Morgan fingerprint density at radius 1 is 1.11 bits per heavy atom. The molecule has 0 radical (unpaired) electrons. The number of nitrogens with zero attached hydrogens (tertiary/aromatic N) is 1. The van der Waals surface area contributed by atoms with Crippen LogP contribution in [0.15, 0.2) is 61.2 Å². The van der Waals surface area contributed by atoms with Crippen LogP contribution in [0.3, 0.4) is 0 Å². The molecule has 2 aromatic rings. The van der Waals surface area contributed by atoms with Crippen molar-refractivity contribution >= 4 is 11.8 Å². The van der Waals surface area contributed by atoms with Crippen molar-refractivity contribution in [2.45, 2.75) is 6.54 Å². The van der Waals surface area contributed by atoms with E-state index < -0.39 is 11.1 Å². The van der Waals surface area contributed by atoms with Gasteiger partial charge in [0.25, 0.3) is 0 Å². The van der Waals surface area contributed by atoms with Crippen molar-refractivity contribution < 1.29 is 24.3 Å². The summed E-state index contributed by atoms with van der Waals surface area (Å²) in [5.74, 6) is -0.243. The molecule has 0 amide bonds. The van der Waals surface area contributed by atoms with Crippen LogP contribution in [0.4, 0.5) is 0 Å². The first-order chi connectivity index (χ1) is 12.7. The Morgan fingerprint density at radius 2 is 1.70 bits per heavy atom. The van der Waals surface area contributed by atoms with Crippen molar-refractivity contribution in [1.29, 1.82) is 0 Å². The molecule has 0 saturated heterocycles. The molecule has 0 saturated carbocycles. The zero-order valence-electron chi connectivity index (χ0n) is 15.0.